The minimum atomic E-state index is 1.17. The average Bonchev–Trinajstić information content (AvgIpc) is 1.57. The normalized spacial score (nSPS) is 11.6. The van der Waals surface area contributed by atoms with Crippen LogP contribution in [0.4, 0.5) is 0 Å². The van der Waals surface area contributed by atoms with E-state index in [4.69, 9.17) is 0 Å². The van der Waals surface area contributed by atoms with Crippen LogP contribution < -0.4 is 0 Å². The predicted molar refractivity (Wildman–Crippen MR) is 616 cm³/mol. The van der Waals surface area contributed by atoms with Crippen molar-refractivity contribution in [3.05, 3.63) is 558 Å². The lowest BCUT2D eigenvalue weighted by Gasteiger charge is -2.14. The van der Waals surface area contributed by atoms with Gasteiger partial charge in [-0.05, 0) is 256 Å². The summed E-state index contributed by atoms with van der Waals surface area (Å²) < 4.78 is 9.72. The van der Waals surface area contributed by atoms with E-state index in [0.717, 1.165) is 0 Å². The number of para-hydroxylation sites is 1. The van der Waals surface area contributed by atoms with Crippen LogP contribution in [0.25, 0.3) is 263 Å². The van der Waals surface area contributed by atoms with Crippen LogP contribution in [0.15, 0.2) is 558 Å². The summed E-state index contributed by atoms with van der Waals surface area (Å²) in [7, 11) is 0. The van der Waals surface area contributed by atoms with E-state index >= 15 is 0 Å². The molecule has 0 amide bonds. The highest BCUT2D eigenvalue weighted by Gasteiger charge is 2.25. The van der Waals surface area contributed by atoms with Crippen molar-refractivity contribution in [2.45, 2.75) is 0 Å². The molecule has 30 aromatic rings. The number of nitrogens with zero attached hydrogens (tertiary/aromatic N) is 4. The van der Waals surface area contributed by atoms with Gasteiger partial charge < -0.3 is 18.3 Å². The summed E-state index contributed by atoms with van der Waals surface area (Å²) in [6.07, 6.45) is 0. The van der Waals surface area contributed by atoms with Gasteiger partial charge in [0, 0.05) is 65.8 Å². The minimum Gasteiger partial charge on any atom is -0.309 e. The number of hydrogen-bond acceptors (Lipinski definition) is 0. The topological polar surface area (TPSA) is 19.7 Å². The van der Waals surface area contributed by atoms with Gasteiger partial charge in [-0.2, -0.15) is 0 Å². The molecule has 144 heavy (non-hydrogen) atoms. The maximum absolute atomic E-state index is 2.46. The van der Waals surface area contributed by atoms with E-state index in [0.29, 0.717) is 0 Å². The highest BCUT2D eigenvalue weighted by Crippen LogP contribution is 2.49. The second kappa shape index (κ2) is 35.8. The molecule has 0 aliphatic heterocycles. The molecule has 4 heteroatoms. The van der Waals surface area contributed by atoms with Crippen molar-refractivity contribution < 1.29 is 0 Å². The molecule has 0 aliphatic carbocycles. The largest absolute Gasteiger partial charge is 0.309 e. The van der Waals surface area contributed by atoms with Crippen molar-refractivity contribution in [3.63, 3.8) is 0 Å². The second-order valence-electron chi connectivity index (χ2n) is 37.5. The third-order valence-corrected chi connectivity index (χ3v) is 29.5. The van der Waals surface area contributed by atoms with Gasteiger partial charge in [0.15, 0.2) is 0 Å². The maximum Gasteiger partial charge on any atom is 0.0547 e. The van der Waals surface area contributed by atoms with Crippen LogP contribution in [0.2, 0.25) is 0 Å². The number of hydrogen-bond donors (Lipinski definition) is 0. The molecule has 0 radical (unpaired) electrons. The molecule has 0 fully saturated rings. The zero-order valence-corrected chi connectivity index (χ0v) is 78.9. The van der Waals surface area contributed by atoms with E-state index in [-0.39, 0.29) is 0 Å². The Hall–Kier alpha value is -19.0. The van der Waals surface area contributed by atoms with Crippen molar-refractivity contribution in [3.8, 4) is 89.5 Å². The molecule has 0 atom stereocenters. The Morgan fingerprint density at radius 2 is 0.285 bits per heavy atom. The Labute approximate surface area is 833 Å². The van der Waals surface area contributed by atoms with E-state index < -0.39 is 0 Å². The smallest absolute Gasteiger partial charge is 0.0547 e. The molecule has 0 N–H and O–H groups in total. The van der Waals surface area contributed by atoms with Gasteiger partial charge in [-0.1, -0.05) is 455 Å². The van der Waals surface area contributed by atoms with Gasteiger partial charge in [0.2, 0.25) is 0 Å². The second-order valence-corrected chi connectivity index (χ2v) is 37.5. The molecule has 26 aromatic carbocycles. The highest BCUT2D eigenvalue weighted by atomic mass is 15.0. The van der Waals surface area contributed by atoms with E-state index in [1.54, 1.807) is 0 Å². The fourth-order valence-electron chi connectivity index (χ4n) is 23.0. The van der Waals surface area contributed by atoms with Gasteiger partial charge in [-0.15, -0.1) is 0 Å². The summed E-state index contributed by atoms with van der Waals surface area (Å²) in [5, 5.41) is 31.1. The summed E-state index contributed by atoms with van der Waals surface area (Å²) in [5.41, 5.74) is 29.3. The zero-order valence-electron chi connectivity index (χ0n) is 78.9. The van der Waals surface area contributed by atoms with Crippen LogP contribution in [0.3, 0.4) is 0 Å². The van der Waals surface area contributed by atoms with Crippen LogP contribution in [-0.4, -0.2) is 18.3 Å². The van der Waals surface area contributed by atoms with Gasteiger partial charge in [0.25, 0.3) is 0 Å². The Kier molecular flexibility index (Phi) is 20.9. The lowest BCUT2D eigenvalue weighted by atomic mass is 9.94. The quantitative estimate of drug-likeness (QED) is 0.130. The molecule has 4 heterocycles. The monoisotopic (exact) mass is 1830 g/mol. The Morgan fingerprint density at radius 3 is 0.562 bits per heavy atom. The molecular weight excluding hydrogens is 1740 g/mol. The minimum absolute atomic E-state index is 1.17. The summed E-state index contributed by atoms with van der Waals surface area (Å²) in [6, 6.07) is 202. The fraction of sp³-hybridized carbons (Fsp3) is 0. The molecule has 0 bridgehead atoms. The fourth-order valence-corrected chi connectivity index (χ4v) is 23.0. The first-order valence-corrected chi connectivity index (χ1v) is 49.7. The third kappa shape index (κ3) is 14.5. The van der Waals surface area contributed by atoms with Crippen LogP contribution in [0.5, 0.6) is 0 Å². The van der Waals surface area contributed by atoms with Crippen LogP contribution in [0.1, 0.15) is 0 Å². The summed E-state index contributed by atoms with van der Waals surface area (Å²) in [6.45, 7) is 0. The highest BCUT2D eigenvalue weighted by molar-refractivity contribution is 6.33. The van der Waals surface area contributed by atoms with Crippen molar-refractivity contribution >= 4 is 173 Å². The molecule has 30 rings (SSSR count). The average molecular weight is 1830 g/mol. The number of fused-ring (bicyclic) bond motifs is 28. The van der Waals surface area contributed by atoms with Gasteiger partial charge >= 0.3 is 0 Å². The third-order valence-electron chi connectivity index (χ3n) is 29.5. The molecule has 4 nitrogen and oxygen atoms in total. The molecule has 672 valence electrons. The van der Waals surface area contributed by atoms with Crippen molar-refractivity contribution in [1.29, 1.82) is 0 Å². The first kappa shape index (κ1) is 84.3. The van der Waals surface area contributed by atoms with Gasteiger partial charge in [0.1, 0.15) is 0 Å². The van der Waals surface area contributed by atoms with Crippen molar-refractivity contribution in [2.75, 3.05) is 0 Å². The summed E-state index contributed by atoms with van der Waals surface area (Å²) in [5.74, 6) is 0. The number of aromatic nitrogens is 4. The van der Waals surface area contributed by atoms with E-state index in [2.05, 4.69) is 576 Å². The predicted octanol–water partition coefficient (Wildman–Crippen LogP) is 38.4. The Morgan fingerprint density at radius 1 is 0.0972 bits per heavy atom. The molecule has 0 spiro atoms. The standard InChI is InChI=1S/3C38H25N.C26H17N/c1-3-11-26(12-4-1)30-23-31(27-13-5-2-6-14-27)25-32(24-30)39-35-21-19-28-15-7-9-17-33(28)37(35)38-34-18-10-8-16-29(34)20-22-36(38)39;1-2-11-26(12-3-1)31-17-8-9-18-32(31)29-15-10-16-30(25-29)39-35-23-21-27-13-4-6-19-33(27)37(35)38-34-20-7-5-14-28(34)22-24-36(38)39;1-2-10-26(11-3-1)31-14-8-9-15-32(31)29-18-22-30(23-19-29)39-35-24-20-27-12-4-6-16-33(27)37(35)38-34-17-7-5-13-28(34)21-25-36(38)39;1-2-10-20(11-3-1)27-23-16-14-18-8-4-6-12-21(18)25(23)26-22-13-7-5-9-19(22)15-17-24(26)27/h3*1-25H;1-17H. The molecule has 0 aliphatic rings. The molecule has 0 unspecified atom stereocenters. The van der Waals surface area contributed by atoms with Crippen LogP contribution >= 0.6 is 0 Å². The summed E-state index contributed by atoms with van der Waals surface area (Å²) >= 11 is 0. The Bertz CT molecular complexity index is 9820. The van der Waals surface area contributed by atoms with Crippen molar-refractivity contribution in [1.82, 2.24) is 18.3 Å². The number of rotatable bonds is 10. The molecule has 4 aromatic heterocycles. The molecule has 0 saturated heterocycles. The van der Waals surface area contributed by atoms with Gasteiger partial charge in [-0.25, -0.2) is 0 Å². The van der Waals surface area contributed by atoms with Crippen LogP contribution in [-0.2, 0) is 0 Å². The molecular formula is C140H92N4. The lowest BCUT2D eigenvalue weighted by molar-refractivity contribution is 1.18. The SMILES string of the molecule is c1ccc(-c2cc(-c3ccccc3)cc(-n3c4ccc5ccccc5c4c4c5ccccc5ccc43)c2)cc1.c1ccc(-c2ccccc2-c2ccc(-n3c4ccc5ccccc5c4c4c5ccccc5ccc43)cc2)cc1.c1ccc(-c2ccccc2-c2cccc(-n3c4ccc5ccccc5c4c4c5ccccc5ccc43)c2)cc1.c1ccc(-n2c3ccc4ccccc4c3c3c4ccccc4ccc32)cc1. The zero-order chi connectivity index (χ0) is 95.1. The Balaban J connectivity index is 0.0000000964. The van der Waals surface area contributed by atoms with E-state index in [9.17, 15) is 0 Å². The van der Waals surface area contributed by atoms with Gasteiger partial charge in [0.05, 0.1) is 44.1 Å². The first-order chi connectivity index (χ1) is 71.5. The molecule has 0 saturated carbocycles. The van der Waals surface area contributed by atoms with Gasteiger partial charge in [-0.3, -0.25) is 0 Å². The van der Waals surface area contributed by atoms with E-state index in [1.165, 1.54) is 263 Å². The van der Waals surface area contributed by atoms with Crippen molar-refractivity contribution in [2.24, 2.45) is 0 Å². The summed E-state index contributed by atoms with van der Waals surface area (Å²) in [4.78, 5) is 0. The maximum atomic E-state index is 2.46. The first-order valence-electron chi connectivity index (χ1n) is 49.7. The lowest BCUT2D eigenvalue weighted by Crippen LogP contribution is -1.96. The van der Waals surface area contributed by atoms with Crippen LogP contribution in [0, 0.1) is 0 Å². The van der Waals surface area contributed by atoms with E-state index in [1.807, 2.05) is 0 Å². The number of benzene rings is 26.